The molecule has 0 saturated carbocycles. The van der Waals surface area contributed by atoms with Crippen molar-refractivity contribution in [1.29, 1.82) is 0 Å². The van der Waals surface area contributed by atoms with Gasteiger partial charge in [-0.1, -0.05) is 72.8 Å². The van der Waals surface area contributed by atoms with Crippen LogP contribution in [-0.4, -0.2) is 32.3 Å². The molecular weight excluding hydrogens is 408 g/mol. The zero-order valence-electron chi connectivity index (χ0n) is 18.9. The van der Waals surface area contributed by atoms with Crippen LogP contribution in [0, 0.1) is 0 Å². The Morgan fingerprint density at radius 2 is 1.52 bits per heavy atom. The Morgan fingerprint density at radius 1 is 0.879 bits per heavy atom. The zero-order chi connectivity index (χ0) is 22.5. The van der Waals surface area contributed by atoms with Gasteiger partial charge in [0.1, 0.15) is 6.61 Å². The molecule has 0 radical (unpaired) electrons. The lowest BCUT2D eigenvalue weighted by atomic mass is 9.98. The minimum Gasteiger partial charge on any atom is -0.449 e. The summed E-state index contributed by atoms with van der Waals surface area (Å²) in [6.07, 6.45) is 7.50. The van der Waals surface area contributed by atoms with Crippen molar-refractivity contribution in [2.75, 3.05) is 31.1 Å². The van der Waals surface area contributed by atoms with Gasteiger partial charge in [0, 0.05) is 31.2 Å². The average molecular weight is 439 g/mol. The van der Waals surface area contributed by atoms with E-state index in [2.05, 4.69) is 70.9 Å². The van der Waals surface area contributed by atoms with Crippen molar-refractivity contribution >= 4 is 17.9 Å². The highest BCUT2D eigenvalue weighted by molar-refractivity contribution is 5.79. The lowest BCUT2D eigenvalue weighted by Gasteiger charge is -2.28. The van der Waals surface area contributed by atoms with E-state index in [1.54, 1.807) is 0 Å². The van der Waals surface area contributed by atoms with Crippen LogP contribution < -0.4 is 10.2 Å². The SMILES string of the molecule is O=C(NCC=Cc1ccc(N2CCCCC2)cc1)OCC1c2ccccc2-c2ccccc21. The fraction of sp³-hybridized carbons (Fsp3) is 0.276. The van der Waals surface area contributed by atoms with Gasteiger partial charge in [-0.15, -0.1) is 0 Å². The van der Waals surface area contributed by atoms with Crippen LogP contribution in [0.2, 0.25) is 0 Å². The van der Waals surface area contributed by atoms with E-state index in [0.29, 0.717) is 13.2 Å². The van der Waals surface area contributed by atoms with Crippen molar-refractivity contribution in [1.82, 2.24) is 5.32 Å². The molecule has 3 aromatic carbocycles. The second-order valence-electron chi connectivity index (χ2n) is 8.75. The number of ether oxygens (including phenoxy) is 1. The van der Waals surface area contributed by atoms with E-state index in [9.17, 15) is 4.79 Å². The largest absolute Gasteiger partial charge is 0.449 e. The van der Waals surface area contributed by atoms with Crippen LogP contribution in [-0.2, 0) is 4.74 Å². The quantitative estimate of drug-likeness (QED) is 0.496. The summed E-state index contributed by atoms with van der Waals surface area (Å²) in [6, 6.07) is 25.4. The molecule has 33 heavy (non-hydrogen) atoms. The van der Waals surface area contributed by atoms with Crippen molar-refractivity contribution in [3.63, 3.8) is 0 Å². The molecule has 4 heteroatoms. The number of alkyl carbamates (subject to hydrolysis) is 1. The Hall–Kier alpha value is -3.53. The number of nitrogens with one attached hydrogen (secondary N) is 1. The summed E-state index contributed by atoms with van der Waals surface area (Å²) in [5.41, 5.74) is 7.33. The predicted molar refractivity (Wildman–Crippen MR) is 135 cm³/mol. The first-order valence-corrected chi connectivity index (χ1v) is 11.9. The molecule has 1 heterocycles. The maximum absolute atomic E-state index is 12.3. The Kier molecular flexibility index (Phi) is 6.43. The van der Waals surface area contributed by atoms with E-state index in [0.717, 1.165) is 18.7 Å². The van der Waals surface area contributed by atoms with Crippen LogP contribution in [0.4, 0.5) is 10.5 Å². The molecule has 4 nitrogen and oxygen atoms in total. The molecule has 1 aliphatic carbocycles. The zero-order valence-corrected chi connectivity index (χ0v) is 18.9. The highest BCUT2D eigenvalue weighted by Gasteiger charge is 2.28. The van der Waals surface area contributed by atoms with Crippen molar-refractivity contribution in [3.8, 4) is 11.1 Å². The maximum atomic E-state index is 12.3. The Bertz CT molecular complexity index is 1080. The third-order valence-corrected chi connectivity index (χ3v) is 6.63. The van der Waals surface area contributed by atoms with Crippen LogP contribution in [0.5, 0.6) is 0 Å². The topological polar surface area (TPSA) is 41.6 Å². The molecule has 1 fully saturated rings. The van der Waals surface area contributed by atoms with Gasteiger partial charge in [0.15, 0.2) is 0 Å². The summed E-state index contributed by atoms with van der Waals surface area (Å²) in [5, 5.41) is 2.83. The number of fused-ring (bicyclic) bond motifs is 3. The minimum atomic E-state index is -0.387. The van der Waals surface area contributed by atoms with Gasteiger partial charge < -0.3 is 15.0 Å². The first-order chi connectivity index (χ1) is 16.3. The van der Waals surface area contributed by atoms with Crippen molar-refractivity contribution < 1.29 is 9.53 Å². The Morgan fingerprint density at radius 3 is 2.18 bits per heavy atom. The van der Waals surface area contributed by atoms with Crippen molar-refractivity contribution in [3.05, 3.63) is 95.6 Å². The number of piperidine rings is 1. The molecule has 3 aromatic rings. The second-order valence-corrected chi connectivity index (χ2v) is 8.75. The third-order valence-electron chi connectivity index (χ3n) is 6.63. The van der Waals surface area contributed by atoms with Gasteiger partial charge in [0.25, 0.3) is 0 Å². The minimum absolute atomic E-state index is 0.0807. The summed E-state index contributed by atoms with van der Waals surface area (Å²) in [4.78, 5) is 14.7. The van der Waals surface area contributed by atoms with Gasteiger partial charge in [0.05, 0.1) is 0 Å². The summed E-state index contributed by atoms with van der Waals surface area (Å²) in [6.45, 7) is 3.07. The van der Waals surface area contributed by atoms with Crippen LogP contribution >= 0.6 is 0 Å². The number of amides is 1. The molecule has 0 aromatic heterocycles. The number of benzene rings is 3. The molecule has 1 amide bonds. The van der Waals surface area contributed by atoms with E-state index >= 15 is 0 Å². The molecule has 1 aliphatic heterocycles. The van der Waals surface area contributed by atoms with E-state index in [1.807, 2.05) is 24.3 Å². The summed E-state index contributed by atoms with van der Waals surface area (Å²) in [7, 11) is 0. The van der Waals surface area contributed by atoms with Gasteiger partial charge in [0.2, 0.25) is 0 Å². The number of carbonyl (C=O) groups excluding carboxylic acids is 1. The molecule has 0 spiro atoms. The highest BCUT2D eigenvalue weighted by Crippen LogP contribution is 2.44. The molecule has 1 N–H and O–H groups in total. The number of anilines is 1. The number of rotatable bonds is 6. The molecule has 0 atom stereocenters. The predicted octanol–water partition coefficient (Wildman–Crippen LogP) is 6.23. The molecular formula is C29H30N2O2. The molecule has 2 aliphatic rings. The first kappa shape index (κ1) is 21.3. The number of carbonyl (C=O) groups is 1. The van der Waals surface area contributed by atoms with Gasteiger partial charge in [-0.05, 0) is 59.2 Å². The third kappa shape index (κ3) is 4.80. The average Bonchev–Trinajstić information content (AvgIpc) is 3.20. The fourth-order valence-electron chi connectivity index (χ4n) is 4.94. The normalized spacial score (nSPS) is 15.3. The van der Waals surface area contributed by atoms with Gasteiger partial charge in [-0.3, -0.25) is 0 Å². The van der Waals surface area contributed by atoms with Crippen LogP contribution in [0.25, 0.3) is 17.2 Å². The van der Waals surface area contributed by atoms with Gasteiger partial charge in [-0.2, -0.15) is 0 Å². The number of hydrogen-bond acceptors (Lipinski definition) is 3. The summed E-state index contributed by atoms with van der Waals surface area (Å²) in [5.74, 6) is 0.0807. The second kappa shape index (κ2) is 9.95. The lowest BCUT2D eigenvalue weighted by Crippen LogP contribution is -2.29. The molecule has 5 rings (SSSR count). The van der Waals surface area contributed by atoms with Crippen LogP contribution in [0.15, 0.2) is 78.9 Å². The van der Waals surface area contributed by atoms with Crippen molar-refractivity contribution in [2.45, 2.75) is 25.2 Å². The standard InChI is InChI=1S/C29H30N2O2/c32-29(30-18-8-9-22-14-16-23(17-15-22)31-19-6-1-7-20-31)33-21-28-26-12-4-2-10-24(26)25-11-3-5-13-27(25)28/h2-5,8-17,28H,1,6-7,18-21H2,(H,30,32). The first-order valence-electron chi connectivity index (χ1n) is 11.9. The lowest BCUT2D eigenvalue weighted by molar-refractivity contribution is 0.144. The maximum Gasteiger partial charge on any atom is 0.407 e. The van der Waals surface area contributed by atoms with Crippen LogP contribution in [0.1, 0.15) is 41.9 Å². The van der Waals surface area contributed by atoms with Crippen LogP contribution in [0.3, 0.4) is 0 Å². The molecule has 0 bridgehead atoms. The summed E-state index contributed by atoms with van der Waals surface area (Å²) >= 11 is 0. The van der Waals surface area contributed by atoms with E-state index in [-0.39, 0.29) is 12.0 Å². The van der Waals surface area contributed by atoms with E-state index < -0.39 is 0 Å². The summed E-state index contributed by atoms with van der Waals surface area (Å²) < 4.78 is 5.59. The Balaban J connectivity index is 1.11. The highest BCUT2D eigenvalue weighted by atomic mass is 16.5. The van der Waals surface area contributed by atoms with Crippen molar-refractivity contribution in [2.24, 2.45) is 0 Å². The monoisotopic (exact) mass is 438 g/mol. The smallest absolute Gasteiger partial charge is 0.407 e. The number of nitrogens with zero attached hydrogens (tertiary/aromatic N) is 1. The Labute approximate surface area is 195 Å². The number of hydrogen-bond donors (Lipinski definition) is 1. The van der Waals surface area contributed by atoms with Gasteiger partial charge >= 0.3 is 6.09 Å². The van der Waals surface area contributed by atoms with E-state index in [4.69, 9.17) is 4.74 Å². The molecule has 1 saturated heterocycles. The van der Waals surface area contributed by atoms with E-state index in [1.165, 1.54) is 47.2 Å². The molecule has 168 valence electrons. The van der Waals surface area contributed by atoms with Gasteiger partial charge in [-0.25, -0.2) is 4.79 Å². The fourth-order valence-corrected chi connectivity index (χ4v) is 4.94. The molecule has 0 unspecified atom stereocenters.